The van der Waals surface area contributed by atoms with Crippen molar-refractivity contribution in [1.82, 2.24) is 10.2 Å². The summed E-state index contributed by atoms with van der Waals surface area (Å²) in [6.07, 6.45) is 0. The van der Waals surface area contributed by atoms with Gasteiger partial charge in [-0.25, -0.2) is 8.42 Å². The molecular formula is C9H10ClN3O2S3. The van der Waals surface area contributed by atoms with E-state index in [0.29, 0.717) is 15.0 Å². The number of rotatable bonds is 4. The molecule has 0 saturated heterocycles. The van der Waals surface area contributed by atoms with Crippen molar-refractivity contribution in [1.29, 1.82) is 0 Å². The van der Waals surface area contributed by atoms with E-state index in [1.165, 1.54) is 11.3 Å². The summed E-state index contributed by atoms with van der Waals surface area (Å²) < 4.78 is 24.8. The standard InChI is InChI=1S/C9H10ClN3O2S3/c1-13(2)8-11-12-9(17-8)18(14,15)5-6-3-4-16-7(6)10/h3-4H,5H2,1-2H3. The van der Waals surface area contributed by atoms with Crippen LogP contribution in [0.1, 0.15) is 5.56 Å². The van der Waals surface area contributed by atoms with Gasteiger partial charge < -0.3 is 4.90 Å². The Balaban J connectivity index is 2.28. The Morgan fingerprint density at radius 3 is 2.61 bits per heavy atom. The fraction of sp³-hybridized carbons (Fsp3) is 0.333. The number of nitrogens with zero attached hydrogens (tertiary/aromatic N) is 3. The normalized spacial score (nSPS) is 11.7. The minimum Gasteiger partial charge on any atom is -0.353 e. The molecule has 0 saturated carbocycles. The van der Waals surface area contributed by atoms with Gasteiger partial charge in [0.25, 0.3) is 0 Å². The average molecular weight is 324 g/mol. The number of hydrogen-bond donors (Lipinski definition) is 0. The fourth-order valence-electron chi connectivity index (χ4n) is 1.20. The summed E-state index contributed by atoms with van der Waals surface area (Å²) in [6.45, 7) is 0. The summed E-state index contributed by atoms with van der Waals surface area (Å²) in [4.78, 5) is 1.72. The van der Waals surface area contributed by atoms with E-state index in [1.807, 2.05) is 0 Å². The molecule has 98 valence electrons. The molecule has 2 aromatic heterocycles. The maximum absolute atomic E-state index is 12.1. The molecule has 2 rings (SSSR count). The minimum absolute atomic E-state index is 0.0217. The molecule has 0 atom stereocenters. The number of hydrogen-bond acceptors (Lipinski definition) is 7. The van der Waals surface area contributed by atoms with E-state index >= 15 is 0 Å². The highest BCUT2D eigenvalue weighted by Gasteiger charge is 2.23. The van der Waals surface area contributed by atoms with Crippen molar-refractivity contribution in [2.24, 2.45) is 0 Å². The van der Waals surface area contributed by atoms with Crippen molar-refractivity contribution in [2.75, 3.05) is 19.0 Å². The first-order valence-electron chi connectivity index (χ1n) is 4.85. The van der Waals surface area contributed by atoms with Crippen molar-refractivity contribution in [3.63, 3.8) is 0 Å². The van der Waals surface area contributed by atoms with E-state index in [0.717, 1.165) is 11.3 Å². The van der Waals surface area contributed by atoms with Gasteiger partial charge in [0.15, 0.2) is 0 Å². The van der Waals surface area contributed by atoms with E-state index in [-0.39, 0.29) is 10.1 Å². The third-order valence-corrected chi connectivity index (χ3v) is 6.54. The Bertz CT molecular complexity index is 648. The Morgan fingerprint density at radius 2 is 2.11 bits per heavy atom. The van der Waals surface area contributed by atoms with Crippen molar-refractivity contribution >= 4 is 49.2 Å². The molecule has 0 aromatic carbocycles. The van der Waals surface area contributed by atoms with Gasteiger partial charge in [0.1, 0.15) is 0 Å². The topological polar surface area (TPSA) is 63.2 Å². The molecule has 0 fully saturated rings. The molecule has 0 N–H and O–H groups in total. The van der Waals surface area contributed by atoms with Crippen LogP contribution in [0.25, 0.3) is 0 Å². The van der Waals surface area contributed by atoms with Gasteiger partial charge in [-0.15, -0.1) is 21.5 Å². The SMILES string of the molecule is CN(C)c1nnc(S(=O)(=O)Cc2ccsc2Cl)s1. The Hall–Kier alpha value is -0.700. The van der Waals surface area contributed by atoms with Crippen LogP contribution in [0.4, 0.5) is 5.13 Å². The van der Waals surface area contributed by atoms with Gasteiger partial charge in [0.05, 0.1) is 10.1 Å². The summed E-state index contributed by atoms with van der Waals surface area (Å²) in [6, 6.07) is 1.71. The van der Waals surface area contributed by atoms with Gasteiger partial charge >= 0.3 is 0 Å². The van der Waals surface area contributed by atoms with E-state index in [4.69, 9.17) is 11.6 Å². The smallest absolute Gasteiger partial charge is 0.234 e. The number of anilines is 1. The maximum atomic E-state index is 12.1. The highest BCUT2D eigenvalue weighted by Crippen LogP contribution is 2.29. The quantitative estimate of drug-likeness (QED) is 0.864. The second kappa shape index (κ2) is 5.12. The van der Waals surface area contributed by atoms with Gasteiger partial charge in [-0.05, 0) is 17.0 Å². The molecule has 0 radical (unpaired) electrons. The van der Waals surface area contributed by atoms with E-state index < -0.39 is 9.84 Å². The molecule has 0 aliphatic heterocycles. The zero-order valence-electron chi connectivity index (χ0n) is 9.62. The zero-order valence-corrected chi connectivity index (χ0v) is 12.8. The monoisotopic (exact) mass is 323 g/mol. The van der Waals surface area contributed by atoms with Crippen LogP contribution in [0, 0.1) is 0 Å². The van der Waals surface area contributed by atoms with Crippen molar-refractivity contribution < 1.29 is 8.42 Å². The lowest BCUT2D eigenvalue weighted by Crippen LogP contribution is -2.07. The highest BCUT2D eigenvalue weighted by molar-refractivity contribution is 7.92. The molecule has 18 heavy (non-hydrogen) atoms. The largest absolute Gasteiger partial charge is 0.353 e. The second-order valence-electron chi connectivity index (χ2n) is 3.72. The Morgan fingerprint density at radius 1 is 1.39 bits per heavy atom. The van der Waals surface area contributed by atoms with E-state index in [2.05, 4.69) is 10.2 Å². The molecule has 0 bridgehead atoms. The molecule has 2 heterocycles. The molecule has 0 aliphatic rings. The third-order valence-electron chi connectivity index (χ3n) is 2.08. The van der Waals surface area contributed by atoms with Crippen molar-refractivity contribution in [2.45, 2.75) is 10.1 Å². The van der Waals surface area contributed by atoms with Crippen LogP contribution in [-0.2, 0) is 15.6 Å². The molecule has 2 aromatic rings. The van der Waals surface area contributed by atoms with Crippen LogP contribution >= 0.6 is 34.3 Å². The predicted octanol–water partition coefficient (Wildman–Crippen LogP) is 2.29. The van der Waals surface area contributed by atoms with Crippen LogP contribution in [0.2, 0.25) is 4.34 Å². The lowest BCUT2D eigenvalue weighted by atomic mass is 10.4. The van der Waals surface area contributed by atoms with Crippen LogP contribution < -0.4 is 4.90 Å². The summed E-state index contributed by atoms with van der Waals surface area (Å²) in [5.41, 5.74) is 0.600. The Labute approximate surface area is 118 Å². The first kappa shape index (κ1) is 13.7. The first-order valence-corrected chi connectivity index (χ1v) is 8.58. The fourth-order valence-corrected chi connectivity index (χ4v) is 4.64. The number of aromatic nitrogens is 2. The lowest BCUT2D eigenvalue weighted by Gasteiger charge is -2.03. The summed E-state index contributed by atoms with van der Waals surface area (Å²) in [5, 5.41) is 9.86. The average Bonchev–Trinajstić information content (AvgIpc) is 2.88. The molecule has 0 unspecified atom stereocenters. The van der Waals surface area contributed by atoms with Crippen LogP contribution in [0.5, 0.6) is 0 Å². The molecular weight excluding hydrogens is 314 g/mol. The molecule has 9 heteroatoms. The number of thiophene rings is 1. The van der Waals surface area contributed by atoms with Gasteiger partial charge in [-0.3, -0.25) is 0 Å². The van der Waals surface area contributed by atoms with Crippen LogP contribution in [-0.4, -0.2) is 32.7 Å². The second-order valence-corrected chi connectivity index (χ2v) is 8.36. The summed E-state index contributed by atoms with van der Waals surface area (Å²) >= 11 is 8.26. The van der Waals surface area contributed by atoms with Gasteiger partial charge in [0.2, 0.25) is 19.3 Å². The first-order chi connectivity index (χ1) is 8.40. The Kier molecular flexibility index (Phi) is 3.90. The van der Waals surface area contributed by atoms with Gasteiger partial charge in [-0.1, -0.05) is 22.9 Å². The summed E-state index contributed by atoms with van der Waals surface area (Å²) in [5.74, 6) is -0.141. The highest BCUT2D eigenvalue weighted by atomic mass is 35.5. The molecule has 0 amide bonds. The van der Waals surface area contributed by atoms with Crippen LogP contribution in [0.3, 0.4) is 0 Å². The summed E-state index contributed by atoms with van der Waals surface area (Å²) in [7, 11) is 0.0908. The lowest BCUT2D eigenvalue weighted by molar-refractivity contribution is 0.593. The molecule has 0 spiro atoms. The maximum Gasteiger partial charge on any atom is 0.234 e. The number of sulfone groups is 1. The van der Waals surface area contributed by atoms with Crippen LogP contribution in [0.15, 0.2) is 15.8 Å². The van der Waals surface area contributed by atoms with Gasteiger partial charge in [0, 0.05) is 14.1 Å². The molecule has 0 aliphatic carbocycles. The van der Waals surface area contributed by atoms with E-state index in [9.17, 15) is 8.42 Å². The number of halogens is 1. The van der Waals surface area contributed by atoms with Crippen molar-refractivity contribution in [3.05, 3.63) is 21.3 Å². The van der Waals surface area contributed by atoms with Gasteiger partial charge in [-0.2, -0.15) is 0 Å². The predicted molar refractivity (Wildman–Crippen MR) is 74.5 cm³/mol. The van der Waals surface area contributed by atoms with Crippen molar-refractivity contribution in [3.8, 4) is 0 Å². The third kappa shape index (κ3) is 2.82. The minimum atomic E-state index is -3.48. The van der Waals surface area contributed by atoms with E-state index in [1.54, 1.807) is 30.4 Å². The molecule has 5 nitrogen and oxygen atoms in total. The zero-order chi connectivity index (χ0) is 13.3.